The van der Waals surface area contributed by atoms with Gasteiger partial charge in [-0.25, -0.2) is 23.3 Å². The van der Waals surface area contributed by atoms with E-state index >= 15 is 0 Å². The van der Waals surface area contributed by atoms with E-state index in [1.165, 1.54) is 6.07 Å². The molecule has 0 radical (unpaired) electrons. The molecule has 3 aromatic heterocycles. The van der Waals surface area contributed by atoms with Crippen molar-refractivity contribution in [2.24, 2.45) is 0 Å². The average molecular weight is 684 g/mol. The maximum atomic E-state index is 14.3. The number of anilines is 3. The fraction of sp³-hybridized carbons (Fsp3) is 0.139. The maximum Gasteiger partial charge on any atom is 0.471 e. The number of hydrogen-bond acceptors (Lipinski definition) is 6. The fourth-order valence-electron chi connectivity index (χ4n) is 6.02. The molecule has 3 aromatic carbocycles. The van der Waals surface area contributed by atoms with E-state index in [2.05, 4.69) is 20.9 Å². The number of hydrogen-bond donors (Lipinski definition) is 3. The van der Waals surface area contributed by atoms with E-state index in [1.807, 2.05) is 36.4 Å². The van der Waals surface area contributed by atoms with Crippen molar-refractivity contribution in [3.8, 4) is 22.5 Å². The lowest BCUT2D eigenvalue weighted by atomic mass is 9.88. The Morgan fingerprint density at radius 3 is 2.46 bits per heavy atom. The molecule has 1 unspecified atom stereocenters. The van der Waals surface area contributed by atoms with Crippen molar-refractivity contribution in [3.05, 3.63) is 126 Å². The van der Waals surface area contributed by atoms with Gasteiger partial charge in [-0.3, -0.25) is 9.59 Å². The Kier molecular flexibility index (Phi) is 8.43. The van der Waals surface area contributed by atoms with Crippen LogP contribution in [0.5, 0.6) is 0 Å². The molecule has 6 aromatic rings. The molecule has 0 saturated heterocycles. The second-order valence-electron chi connectivity index (χ2n) is 11.7. The number of fused-ring (bicyclic) bond motifs is 2. The van der Waals surface area contributed by atoms with E-state index < -0.39 is 41.2 Å². The van der Waals surface area contributed by atoms with Crippen LogP contribution >= 0.6 is 0 Å². The smallest absolute Gasteiger partial charge is 0.345 e. The van der Waals surface area contributed by atoms with Crippen LogP contribution in [0.4, 0.5) is 39.3 Å². The summed E-state index contributed by atoms with van der Waals surface area (Å²) in [5.74, 6) is -4.61. The molecule has 14 heteroatoms. The minimum atomic E-state index is -4.95. The Bertz CT molecular complexity index is 2250. The van der Waals surface area contributed by atoms with Crippen LogP contribution in [0.15, 0.2) is 97.3 Å². The second-order valence-corrected chi connectivity index (χ2v) is 11.7. The first-order chi connectivity index (χ1) is 24.0. The number of benzene rings is 3. The number of rotatable bonds is 7. The first-order valence-corrected chi connectivity index (χ1v) is 15.5. The number of aryl methyl sites for hydroxylation is 1. The number of carbonyl (C=O) groups is 2. The summed E-state index contributed by atoms with van der Waals surface area (Å²) in [5.41, 5.74) is 4.96. The molecule has 0 bridgehead atoms. The van der Waals surface area contributed by atoms with Gasteiger partial charge >= 0.3 is 12.1 Å². The molecule has 0 spiro atoms. The summed E-state index contributed by atoms with van der Waals surface area (Å²) < 4.78 is 68.7. The zero-order chi connectivity index (χ0) is 35.0. The van der Waals surface area contributed by atoms with Gasteiger partial charge in [-0.1, -0.05) is 30.3 Å². The van der Waals surface area contributed by atoms with Crippen LogP contribution in [0, 0.1) is 11.6 Å². The van der Waals surface area contributed by atoms with Crippen molar-refractivity contribution in [2.45, 2.75) is 31.5 Å². The maximum absolute atomic E-state index is 14.3. The van der Waals surface area contributed by atoms with Gasteiger partial charge in [0, 0.05) is 35.4 Å². The largest absolute Gasteiger partial charge is 0.471 e. The summed E-state index contributed by atoms with van der Waals surface area (Å²) in [7, 11) is 0. The Morgan fingerprint density at radius 1 is 0.860 bits per heavy atom. The van der Waals surface area contributed by atoms with E-state index in [0.717, 1.165) is 28.8 Å². The number of nitrogens with zero attached hydrogens (tertiary/aromatic N) is 4. The first kappa shape index (κ1) is 32.4. The number of aromatic nitrogens is 4. The summed E-state index contributed by atoms with van der Waals surface area (Å²) in [6.45, 7) is 0. The van der Waals surface area contributed by atoms with Gasteiger partial charge in [0.2, 0.25) is 5.95 Å². The topological polar surface area (TPSA) is 113 Å². The van der Waals surface area contributed by atoms with Crippen LogP contribution in [-0.4, -0.2) is 43.6 Å². The monoisotopic (exact) mass is 683 g/mol. The van der Waals surface area contributed by atoms with Gasteiger partial charge in [-0.2, -0.15) is 18.3 Å². The third-order valence-corrected chi connectivity index (χ3v) is 8.32. The number of carbonyl (C=O) groups excluding carboxylic acids is 2. The van der Waals surface area contributed by atoms with Crippen molar-refractivity contribution in [3.63, 3.8) is 0 Å². The van der Waals surface area contributed by atoms with Crippen molar-refractivity contribution in [1.82, 2.24) is 24.9 Å². The van der Waals surface area contributed by atoms with Crippen LogP contribution in [0.1, 0.15) is 27.9 Å². The molecular weight excluding hydrogens is 657 g/mol. The molecule has 2 amide bonds. The number of alkyl halides is 3. The number of halogens is 5. The molecule has 7 rings (SSSR count). The Balaban J connectivity index is 1.17. The molecule has 252 valence electrons. The van der Waals surface area contributed by atoms with Crippen molar-refractivity contribution in [2.75, 3.05) is 10.6 Å². The van der Waals surface area contributed by atoms with Crippen LogP contribution in [0.2, 0.25) is 0 Å². The molecular formula is C36H26F5N7O2. The highest BCUT2D eigenvalue weighted by molar-refractivity contribution is 6.05. The van der Waals surface area contributed by atoms with Crippen molar-refractivity contribution >= 4 is 34.7 Å². The van der Waals surface area contributed by atoms with Crippen LogP contribution in [-0.2, 0) is 17.6 Å². The highest BCUT2D eigenvalue weighted by Gasteiger charge is 2.40. The summed E-state index contributed by atoms with van der Waals surface area (Å²) >= 11 is 0. The standard InChI is InChI=1S/C36H26F5N7O2/c37-26-7-4-8-27(38)30(26)33(49)43-23-6-3-5-21(17-23)32-31(29-9-1-2-16-48(29)47-32)28-14-15-42-35(46-28)45-25-13-11-20-10-12-24(18-22(20)19-25)44-34(50)36(39,40)41/h1-9,11,13-17,19,24H,10,12,18H2,(H,43,49)(H,44,50)(H,42,45,46). The third-order valence-electron chi connectivity index (χ3n) is 8.32. The Labute approximate surface area is 281 Å². The summed E-state index contributed by atoms with van der Waals surface area (Å²) in [6, 6.07) is 22.0. The lowest BCUT2D eigenvalue weighted by Crippen LogP contribution is -2.45. The Morgan fingerprint density at radius 2 is 1.66 bits per heavy atom. The number of nitrogens with one attached hydrogen (secondary N) is 3. The van der Waals surface area contributed by atoms with E-state index in [-0.39, 0.29) is 18.1 Å². The minimum absolute atomic E-state index is 0.244. The molecule has 1 atom stereocenters. The summed E-state index contributed by atoms with van der Waals surface area (Å²) in [4.78, 5) is 33.4. The van der Waals surface area contributed by atoms with Gasteiger partial charge in [0.25, 0.3) is 5.91 Å². The van der Waals surface area contributed by atoms with Gasteiger partial charge in [-0.05, 0) is 85.0 Å². The predicted molar refractivity (Wildman–Crippen MR) is 176 cm³/mol. The van der Waals surface area contributed by atoms with Gasteiger partial charge in [0.1, 0.15) is 22.9 Å². The molecule has 3 heterocycles. The quantitative estimate of drug-likeness (QED) is 0.153. The number of pyridine rings is 1. The van der Waals surface area contributed by atoms with Crippen molar-refractivity contribution < 1.29 is 31.5 Å². The molecule has 0 aliphatic heterocycles. The third kappa shape index (κ3) is 6.59. The van der Waals surface area contributed by atoms with Gasteiger partial charge in [-0.15, -0.1) is 0 Å². The first-order valence-electron chi connectivity index (χ1n) is 15.5. The zero-order valence-corrected chi connectivity index (χ0v) is 25.9. The van der Waals surface area contributed by atoms with E-state index in [4.69, 9.17) is 10.1 Å². The van der Waals surface area contributed by atoms with E-state index in [9.17, 15) is 31.5 Å². The van der Waals surface area contributed by atoms with Crippen LogP contribution < -0.4 is 16.0 Å². The number of amides is 2. The predicted octanol–water partition coefficient (Wildman–Crippen LogP) is 7.27. The molecule has 0 saturated carbocycles. The highest BCUT2D eigenvalue weighted by Crippen LogP contribution is 2.36. The molecule has 1 aliphatic carbocycles. The molecule has 9 nitrogen and oxygen atoms in total. The molecule has 0 fully saturated rings. The SMILES string of the molecule is O=C(Nc1cccc(-c2nn3ccccc3c2-c2ccnc(Nc3ccc4c(c3)CC(NC(=O)C(F)(F)F)CC4)n2)c1)c1c(F)cccc1F. The van der Waals surface area contributed by atoms with Crippen LogP contribution in [0.3, 0.4) is 0 Å². The molecule has 1 aliphatic rings. The zero-order valence-electron chi connectivity index (χ0n) is 25.9. The fourth-order valence-corrected chi connectivity index (χ4v) is 6.02. The second kappa shape index (κ2) is 13.0. The lowest BCUT2D eigenvalue weighted by Gasteiger charge is -2.26. The van der Waals surface area contributed by atoms with Gasteiger partial charge in [0.15, 0.2) is 0 Å². The van der Waals surface area contributed by atoms with Crippen molar-refractivity contribution in [1.29, 1.82) is 0 Å². The summed E-state index contributed by atoms with van der Waals surface area (Å²) in [6.07, 6.45) is -0.446. The molecule has 3 N–H and O–H groups in total. The highest BCUT2D eigenvalue weighted by atomic mass is 19.4. The molecule has 50 heavy (non-hydrogen) atoms. The minimum Gasteiger partial charge on any atom is -0.345 e. The Hall–Kier alpha value is -6.18. The van der Waals surface area contributed by atoms with Crippen LogP contribution in [0.25, 0.3) is 28.0 Å². The normalized spacial score (nSPS) is 14.2. The van der Waals surface area contributed by atoms with E-state index in [1.54, 1.807) is 47.2 Å². The van der Waals surface area contributed by atoms with Gasteiger partial charge in [0.05, 0.1) is 16.8 Å². The lowest BCUT2D eigenvalue weighted by molar-refractivity contribution is -0.174. The average Bonchev–Trinajstić information content (AvgIpc) is 3.48. The van der Waals surface area contributed by atoms with E-state index in [0.29, 0.717) is 41.0 Å². The summed E-state index contributed by atoms with van der Waals surface area (Å²) in [5, 5.41) is 12.6. The van der Waals surface area contributed by atoms with Gasteiger partial charge < -0.3 is 16.0 Å².